The summed E-state index contributed by atoms with van der Waals surface area (Å²) < 4.78 is 10.3. The number of hydrogen-bond acceptors (Lipinski definition) is 6. The predicted octanol–water partition coefficient (Wildman–Crippen LogP) is 1.55. The molecule has 0 radical (unpaired) electrons. The van der Waals surface area contributed by atoms with Gasteiger partial charge in [-0.1, -0.05) is 0 Å². The number of benzene rings is 1. The number of aliphatic carboxylic acids is 1. The van der Waals surface area contributed by atoms with Crippen molar-refractivity contribution in [2.75, 3.05) is 27.3 Å². The molecular formula is C14H18N2O7. The fourth-order valence-corrected chi connectivity index (χ4v) is 1.87. The number of rotatable bonds is 8. The molecule has 1 aromatic rings. The summed E-state index contributed by atoms with van der Waals surface area (Å²) in [4.78, 5) is 34.6. The number of carboxylic acid groups (broad SMARTS) is 1. The first-order valence-electron chi connectivity index (χ1n) is 6.78. The van der Waals surface area contributed by atoms with Gasteiger partial charge in [0.1, 0.15) is 5.56 Å². The maximum atomic E-state index is 12.4. The van der Waals surface area contributed by atoms with E-state index in [0.29, 0.717) is 0 Å². The van der Waals surface area contributed by atoms with E-state index in [4.69, 9.17) is 14.6 Å². The van der Waals surface area contributed by atoms with Crippen LogP contribution in [0.4, 0.5) is 5.69 Å². The second kappa shape index (κ2) is 7.97. The normalized spacial score (nSPS) is 10.0. The molecule has 0 aliphatic rings. The third-order valence-electron chi connectivity index (χ3n) is 3.02. The van der Waals surface area contributed by atoms with E-state index in [-0.39, 0.29) is 36.6 Å². The summed E-state index contributed by atoms with van der Waals surface area (Å²) in [5.41, 5.74) is -0.621. The van der Waals surface area contributed by atoms with Crippen LogP contribution in [0, 0.1) is 10.1 Å². The number of methoxy groups -OCH3 is 1. The summed E-state index contributed by atoms with van der Waals surface area (Å²) in [6.07, 6.45) is -0.259. The Morgan fingerprint density at radius 1 is 1.35 bits per heavy atom. The zero-order chi connectivity index (χ0) is 17.6. The lowest BCUT2D eigenvalue weighted by Gasteiger charge is -2.17. The number of ether oxygens (including phenoxy) is 2. The molecule has 0 saturated carbocycles. The van der Waals surface area contributed by atoms with Gasteiger partial charge in [0.15, 0.2) is 11.5 Å². The average Bonchev–Trinajstić information content (AvgIpc) is 2.51. The number of carbonyl (C=O) groups excluding carboxylic acids is 1. The van der Waals surface area contributed by atoms with Gasteiger partial charge >= 0.3 is 5.97 Å². The molecule has 0 aliphatic carbocycles. The first-order chi connectivity index (χ1) is 10.8. The van der Waals surface area contributed by atoms with E-state index >= 15 is 0 Å². The minimum absolute atomic E-state index is 0.0681. The number of carbonyl (C=O) groups is 2. The van der Waals surface area contributed by atoms with Crippen LogP contribution in [0.1, 0.15) is 23.7 Å². The maximum Gasteiger partial charge on any atom is 0.305 e. The van der Waals surface area contributed by atoms with Gasteiger partial charge in [0, 0.05) is 19.7 Å². The summed E-state index contributed by atoms with van der Waals surface area (Å²) in [6.45, 7) is 1.94. The Morgan fingerprint density at radius 3 is 2.48 bits per heavy atom. The molecule has 0 unspecified atom stereocenters. The van der Waals surface area contributed by atoms with E-state index < -0.39 is 22.5 Å². The molecule has 9 heteroatoms. The molecule has 0 saturated heterocycles. The monoisotopic (exact) mass is 326 g/mol. The molecule has 0 aromatic heterocycles. The highest BCUT2D eigenvalue weighted by atomic mass is 16.6. The van der Waals surface area contributed by atoms with Crippen molar-refractivity contribution in [1.29, 1.82) is 0 Å². The smallest absolute Gasteiger partial charge is 0.305 e. The molecule has 0 heterocycles. The van der Waals surface area contributed by atoms with Gasteiger partial charge in [0.25, 0.3) is 11.6 Å². The average molecular weight is 326 g/mol. The molecule has 1 N–H and O–H groups in total. The van der Waals surface area contributed by atoms with E-state index in [1.165, 1.54) is 20.2 Å². The molecule has 0 atom stereocenters. The second-order valence-corrected chi connectivity index (χ2v) is 4.58. The van der Waals surface area contributed by atoms with Crippen LogP contribution in [-0.2, 0) is 4.79 Å². The van der Waals surface area contributed by atoms with Crippen LogP contribution >= 0.6 is 0 Å². The van der Waals surface area contributed by atoms with E-state index in [1.807, 2.05) is 0 Å². The van der Waals surface area contributed by atoms with Crippen LogP contribution in [0.5, 0.6) is 11.5 Å². The molecule has 126 valence electrons. The molecule has 0 fully saturated rings. The third-order valence-corrected chi connectivity index (χ3v) is 3.02. The Hall–Kier alpha value is -2.84. The fraction of sp³-hybridized carbons (Fsp3) is 0.429. The summed E-state index contributed by atoms with van der Waals surface area (Å²) in [5.74, 6) is -1.38. The van der Waals surface area contributed by atoms with Crippen molar-refractivity contribution < 1.29 is 29.1 Å². The minimum Gasteiger partial charge on any atom is -0.493 e. The number of carboxylic acids is 1. The lowest BCUT2D eigenvalue weighted by atomic mass is 10.1. The zero-order valence-electron chi connectivity index (χ0n) is 13.1. The standard InChI is InChI=1S/C14H18N2O7/c1-4-23-12-7-9(10(16(20)21)8-11(12)22-3)14(19)15(2)6-5-13(17)18/h7-8H,4-6H2,1-3H3,(H,17,18). The second-order valence-electron chi connectivity index (χ2n) is 4.58. The summed E-state index contributed by atoms with van der Waals surface area (Å²) in [5, 5.41) is 19.9. The van der Waals surface area contributed by atoms with Gasteiger partial charge in [-0.05, 0) is 6.92 Å². The number of nitro groups is 1. The van der Waals surface area contributed by atoms with Gasteiger partial charge in [-0.25, -0.2) is 0 Å². The van der Waals surface area contributed by atoms with Crippen LogP contribution in [-0.4, -0.2) is 54.1 Å². The Balaban J connectivity index is 3.25. The number of hydrogen-bond donors (Lipinski definition) is 1. The Kier molecular flexibility index (Phi) is 6.31. The molecule has 0 bridgehead atoms. The topological polar surface area (TPSA) is 119 Å². The number of amides is 1. The van der Waals surface area contributed by atoms with Crippen molar-refractivity contribution in [2.45, 2.75) is 13.3 Å². The molecule has 9 nitrogen and oxygen atoms in total. The largest absolute Gasteiger partial charge is 0.493 e. The Bertz CT molecular complexity index is 615. The molecule has 1 rings (SSSR count). The van der Waals surface area contributed by atoms with Crippen molar-refractivity contribution in [2.24, 2.45) is 0 Å². The first-order valence-corrected chi connectivity index (χ1v) is 6.78. The zero-order valence-corrected chi connectivity index (χ0v) is 13.1. The predicted molar refractivity (Wildman–Crippen MR) is 80.0 cm³/mol. The summed E-state index contributed by atoms with van der Waals surface area (Å²) in [7, 11) is 2.71. The molecule has 1 amide bonds. The lowest BCUT2D eigenvalue weighted by Crippen LogP contribution is -2.29. The molecule has 23 heavy (non-hydrogen) atoms. The van der Waals surface area contributed by atoms with Gasteiger partial charge in [0.2, 0.25) is 0 Å². The van der Waals surface area contributed by atoms with Gasteiger partial charge in [-0.3, -0.25) is 19.7 Å². The highest BCUT2D eigenvalue weighted by Crippen LogP contribution is 2.35. The fourth-order valence-electron chi connectivity index (χ4n) is 1.87. The van der Waals surface area contributed by atoms with Crippen molar-refractivity contribution in [3.05, 3.63) is 27.8 Å². The van der Waals surface area contributed by atoms with Crippen molar-refractivity contribution in [1.82, 2.24) is 4.90 Å². The highest BCUT2D eigenvalue weighted by Gasteiger charge is 2.26. The van der Waals surface area contributed by atoms with Crippen LogP contribution in [0.2, 0.25) is 0 Å². The first kappa shape index (κ1) is 18.2. The SMILES string of the molecule is CCOc1cc(C(=O)N(C)CCC(=O)O)c([N+](=O)[O-])cc1OC. The van der Waals surface area contributed by atoms with Crippen molar-refractivity contribution in [3.8, 4) is 11.5 Å². The molecule has 0 aliphatic heterocycles. The van der Waals surface area contributed by atoms with Crippen molar-refractivity contribution in [3.63, 3.8) is 0 Å². The summed E-state index contributed by atoms with van der Waals surface area (Å²) >= 11 is 0. The van der Waals surface area contributed by atoms with E-state index in [0.717, 1.165) is 11.0 Å². The molecule has 0 spiro atoms. The van der Waals surface area contributed by atoms with Crippen molar-refractivity contribution >= 4 is 17.6 Å². The van der Waals surface area contributed by atoms with Crippen LogP contribution in [0.3, 0.4) is 0 Å². The number of nitrogens with zero attached hydrogens (tertiary/aromatic N) is 2. The molecule has 1 aromatic carbocycles. The van der Waals surface area contributed by atoms with Gasteiger partial charge in [-0.2, -0.15) is 0 Å². The Labute approximate surface area is 132 Å². The summed E-state index contributed by atoms with van der Waals surface area (Å²) in [6, 6.07) is 2.35. The molecular weight excluding hydrogens is 308 g/mol. The van der Waals surface area contributed by atoms with Gasteiger partial charge < -0.3 is 19.5 Å². The van der Waals surface area contributed by atoms with E-state index in [1.54, 1.807) is 6.92 Å². The maximum absolute atomic E-state index is 12.4. The minimum atomic E-state index is -1.07. The third kappa shape index (κ3) is 4.56. The van der Waals surface area contributed by atoms with Crippen LogP contribution in [0.15, 0.2) is 12.1 Å². The number of nitro benzene ring substituents is 1. The van der Waals surface area contributed by atoms with Gasteiger partial charge in [0.05, 0.1) is 31.1 Å². The highest BCUT2D eigenvalue weighted by molar-refractivity contribution is 5.99. The van der Waals surface area contributed by atoms with Gasteiger partial charge in [-0.15, -0.1) is 0 Å². The van der Waals surface area contributed by atoms with Crippen LogP contribution in [0.25, 0.3) is 0 Å². The quantitative estimate of drug-likeness (QED) is 0.568. The van der Waals surface area contributed by atoms with Crippen LogP contribution < -0.4 is 9.47 Å². The van der Waals surface area contributed by atoms with E-state index in [2.05, 4.69) is 0 Å². The lowest BCUT2D eigenvalue weighted by molar-refractivity contribution is -0.385. The van der Waals surface area contributed by atoms with E-state index in [9.17, 15) is 19.7 Å². The Morgan fingerprint density at radius 2 is 2.00 bits per heavy atom.